The first-order chi connectivity index (χ1) is 36.0. The van der Waals surface area contributed by atoms with Crippen LogP contribution in [0.15, 0.2) is 48.6 Å². The van der Waals surface area contributed by atoms with E-state index in [0.29, 0.717) is 19.3 Å². The van der Waals surface area contributed by atoms with E-state index in [4.69, 9.17) is 14.2 Å². The Labute approximate surface area is 454 Å². The number of carbonyl (C=O) groups excluding carboxylic acids is 3. The molecule has 0 saturated heterocycles. The van der Waals surface area contributed by atoms with Crippen LogP contribution in [0, 0.1) is 0 Å². The minimum Gasteiger partial charge on any atom is -0.462 e. The zero-order valence-electron chi connectivity index (χ0n) is 48.9. The summed E-state index contributed by atoms with van der Waals surface area (Å²) in [6, 6.07) is 0. The Morgan fingerprint density at radius 2 is 0.493 bits per heavy atom. The molecule has 0 aliphatic heterocycles. The van der Waals surface area contributed by atoms with E-state index < -0.39 is 6.10 Å². The molecule has 426 valence electrons. The summed E-state index contributed by atoms with van der Waals surface area (Å²) in [6.07, 6.45) is 76.8. The van der Waals surface area contributed by atoms with E-state index in [-0.39, 0.29) is 31.1 Å². The van der Waals surface area contributed by atoms with Gasteiger partial charge in [-0.25, -0.2) is 0 Å². The van der Waals surface area contributed by atoms with Crippen LogP contribution in [0.4, 0.5) is 0 Å². The van der Waals surface area contributed by atoms with Crippen LogP contribution in [0.25, 0.3) is 0 Å². The lowest BCUT2D eigenvalue weighted by Crippen LogP contribution is -2.30. The van der Waals surface area contributed by atoms with Gasteiger partial charge in [0.15, 0.2) is 6.10 Å². The van der Waals surface area contributed by atoms with E-state index in [1.165, 1.54) is 231 Å². The quantitative estimate of drug-likeness (QED) is 0.0261. The van der Waals surface area contributed by atoms with Crippen molar-refractivity contribution in [2.45, 2.75) is 348 Å². The minimum absolute atomic E-state index is 0.0723. The Balaban J connectivity index is 4.34. The van der Waals surface area contributed by atoms with Gasteiger partial charge in [0.25, 0.3) is 0 Å². The number of rotatable bonds is 59. The molecule has 1 atom stereocenters. The second-order valence-corrected chi connectivity index (χ2v) is 21.7. The molecular weight excluding hydrogens is 901 g/mol. The summed E-state index contributed by atoms with van der Waals surface area (Å²) in [5.74, 6) is -0.860. The molecule has 0 aromatic carbocycles. The van der Waals surface area contributed by atoms with Crippen LogP contribution in [0.3, 0.4) is 0 Å². The van der Waals surface area contributed by atoms with Crippen molar-refractivity contribution in [3.05, 3.63) is 48.6 Å². The van der Waals surface area contributed by atoms with Crippen LogP contribution < -0.4 is 0 Å². The summed E-state index contributed by atoms with van der Waals surface area (Å²) >= 11 is 0. The number of unbranched alkanes of at least 4 members (excludes halogenated alkanes) is 40. The number of hydrogen-bond donors (Lipinski definition) is 0. The molecule has 0 aliphatic carbocycles. The summed E-state index contributed by atoms with van der Waals surface area (Å²) in [6.45, 7) is 6.65. The number of allylic oxidation sites excluding steroid dienone is 8. The van der Waals surface area contributed by atoms with E-state index in [1.54, 1.807) is 0 Å². The highest BCUT2D eigenvalue weighted by atomic mass is 16.6. The van der Waals surface area contributed by atoms with E-state index in [9.17, 15) is 14.4 Å². The average Bonchev–Trinajstić information content (AvgIpc) is 3.39. The first kappa shape index (κ1) is 70.4. The van der Waals surface area contributed by atoms with Crippen LogP contribution in [0.1, 0.15) is 342 Å². The molecule has 0 rings (SSSR count). The molecule has 0 aromatic rings. The highest BCUT2D eigenvalue weighted by Gasteiger charge is 2.19. The lowest BCUT2D eigenvalue weighted by molar-refractivity contribution is -0.167. The fraction of sp³-hybridized carbons (Fsp3) is 0.836. The summed E-state index contributed by atoms with van der Waals surface area (Å²) in [7, 11) is 0. The van der Waals surface area contributed by atoms with Crippen molar-refractivity contribution < 1.29 is 28.6 Å². The lowest BCUT2D eigenvalue weighted by Gasteiger charge is -2.18. The standard InChI is InChI=1S/C67H122O6/c1-4-7-10-13-16-19-22-25-28-30-32-33-35-36-39-42-45-48-51-54-57-60-66(69)72-63-64(62-71-65(68)59-56-53-50-47-44-41-38-27-24-21-18-15-12-9-6-3)73-67(70)61-58-55-52-49-46-43-40-37-34-31-29-26-23-20-17-14-11-8-5-2/h17,20,22,25-26,29-30,32,64H,4-16,18-19,21,23-24,27-28,31,33-63H2,1-3H3/b20-17-,25-22-,29-26-,32-30-. The van der Waals surface area contributed by atoms with Crippen molar-refractivity contribution in [3.8, 4) is 0 Å². The van der Waals surface area contributed by atoms with Gasteiger partial charge in [-0.2, -0.15) is 0 Å². The molecule has 0 N–H and O–H groups in total. The molecule has 0 aromatic heterocycles. The van der Waals surface area contributed by atoms with E-state index in [1.807, 2.05) is 0 Å². The fourth-order valence-electron chi connectivity index (χ4n) is 9.45. The van der Waals surface area contributed by atoms with Gasteiger partial charge in [0, 0.05) is 19.3 Å². The molecule has 73 heavy (non-hydrogen) atoms. The van der Waals surface area contributed by atoms with Crippen molar-refractivity contribution in [1.29, 1.82) is 0 Å². The third-order valence-electron chi connectivity index (χ3n) is 14.3. The molecule has 0 aliphatic rings. The SMILES string of the molecule is CCCCC/C=C\C/C=C\CCCCCCCCCCCC(=O)OC(COC(=O)CCCCCCCCCCC/C=C\C/C=C\CCCCCCC)COC(=O)CCCCCCCCCCCCCCCCC. The Kier molecular flexibility index (Phi) is 59.7. The number of carbonyl (C=O) groups is 3. The fourth-order valence-corrected chi connectivity index (χ4v) is 9.45. The number of ether oxygens (including phenoxy) is 3. The van der Waals surface area contributed by atoms with Gasteiger partial charge in [0.1, 0.15) is 13.2 Å². The summed E-state index contributed by atoms with van der Waals surface area (Å²) < 4.78 is 16.9. The molecule has 0 radical (unpaired) electrons. The molecule has 6 nitrogen and oxygen atoms in total. The summed E-state index contributed by atoms with van der Waals surface area (Å²) in [5.41, 5.74) is 0. The normalized spacial score (nSPS) is 12.3. The molecule has 1 unspecified atom stereocenters. The highest BCUT2D eigenvalue weighted by molar-refractivity contribution is 5.71. The van der Waals surface area contributed by atoms with Crippen molar-refractivity contribution in [2.75, 3.05) is 13.2 Å². The van der Waals surface area contributed by atoms with Gasteiger partial charge in [-0.15, -0.1) is 0 Å². The van der Waals surface area contributed by atoms with Crippen LogP contribution in [-0.4, -0.2) is 37.2 Å². The molecule has 0 bridgehead atoms. The van der Waals surface area contributed by atoms with Crippen LogP contribution in [0.2, 0.25) is 0 Å². The van der Waals surface area contributed by atoms with Gasteiger partial charge >= 0.3 is 17.9 Å². The number of hydrogen-bond acceptors (Lipinski definition) is 6. The Morgan fingerprint density at radius 1 is 0.274 bits per heavy atom. The third-order valence-corrected chi connectivity index (χ3v) is 14.3. The molecule has 6 heteroatoms. The van der Waals surface area contributed by atoms with Crippen molar-refractivity contribution >= 4 is 17.9 Å². The maximum Gasteiger partial charge on any atom is 0.306 e. The average molecular weight is 1020 g/mol. The van der Waals surface area contributed by atoms with Gasteiger partial charge in [0.05, 0.1) is 0 Å². The van der Waals surface area contributed by atoms with Crippen LogP contribution in [-0.2, 0) is 28.6 Å². The topological polar surface area (TPSA) is 78.9 Å². The maximum absolute atomic E-state index is 12.9. The minimum atomic E-state index is -0.776. The first-order valence-electron chi connectivity index (χ1n) is 32.1. The van der Waals surface area contributed by atoms with Crippen molar-refractivity contribution in [3.63, 3.8) is 0 Å². The molecule has 0 fully saturated rings. The maximum atomic E-state index is 12.9. The zero-order valence-corrected chi connectivity index (χ0v) is 48.9. The van der Waals surface area contributed by atoms with Gasteiger partial charge in [-0.1, -0.05) is 288 Å². The first-order valence-corrected chi connectivity index (χ1v) is 32.1. The van der Waals surface area contributed by atoms with Crippen LogP contribution in [0.5, 0.6) is 0 Å². The van der Waals surface area contributed by atoms with Crippen molar-refractivity contribution in [2.24, 2.45) is 0 Å². The van der Waals surface area contributed by atoms with Gasteiger partial charge in [-0.05, 0) is 83.5 Å². The second kappa shape index (κ2) is 61.9. The van der Waals surface area contributed by atoms with E-state index in [0.717, 1.165) is 70.6 Å². The molecular formula is C67H122O6. The largest absolute Gasteiger partial charge is 0.462 e. The van der Waals surface area contributed by atoms with E-state index >= 15 is 0 Å². The third kappa shape index (κ3) is 60.1. The molecule has 0 saturated carbocycles. The zero-order chi connectivity index (χ0) is 52.9. The number of esters is 3. The Hall–Kier alpha value is -2.63. The predicted octanol–water partition coefficient (Wildman–Crippen LogP) is 21.8. The van der Waals surface area contributed by atoms with Gasteiger partial charge in [-0.3, -0.25) is 14.4 Å². The molecule has 0 amide bonds. The lowest BCUT2D eigenvalue weighted by atomic mass is 10.0. The van der Waals surface area contributed by atoms with Crippen LogP contribution >= 0.6 is 0 Å². The summed E-state index contributed by atoms with van der Waals surface area (Å²) in [4.78, 5) is 38.3. The Bertz CT molecular complexity index is 1270. The monoisotopic (exact) mass is 1020 g/mol. The van der Waals surface area contributed by atoms with Gasteiger partial charge < -0.3 is 14.2 Å². The predicted molar refractivity (Wildman–Crippen MR) is 316 cm³/mol. The smallest absolute Gasteiger partial charge is 0.306 e. The molecule has 0 spiro atoms. The van der Waals surface area contributed by atoms with Crippen molar-refractivity contribution in [1.82, 2.24) is 0 Å². The van der Waals surface area contributed by atoms with E-state index in [2.05, 4.69) is 69.4 Å². The Morgan fingerprint density at radius 3 is 0.781 bits per heavy atom. The second-order valence-electron chi connectivity index (χ2n) is 21.7. The van der Waals surface area contributed by atoms with Gasteiger partial charge in [0.2, 0.25) is 0 Å². The highest BCUT2D eigenvalue weighted by Crippen LogP contribution is 2.17. The summed E-state index contributed by atoms with van der Waals surface area (Å²) in [5, 5.41) is 0. The molecule has 0 heterocycles.